The predicted octanol–water partition coefficient (Wildman–Crippen LogP) is 5.16. The highest BCUT2D eigenvalue weighted by atomic mass is 79.9. The van der Waals surface area contributed by atoms with Crippen LogP contribution in [-0.4, -0.2) is 20.3 Å². The number of halogens is 1. The summed E-state index contributed by atoms with van der Waals surface area (Å²) in [5.41, 5.74) is 4.79. The largest absolute Gasteiger partial charge is 0.326 e. The van der Waals surface area contributed by atoms with Gasteiger partial charge in [0.1, 0.15) is 5.65 Å². The minimum Gasteiger partial charge on any atom is -0.326 e. The first kappa shape index (κ1) is 22.0. The smallest absolute Gasteiger partial charge is 0.255 e. The topological polar surface area (TPSA) is 68.9 Å². The second kappa shape index (κ2) is 9.12. The van der Waals surface area contributed by atoms with Gasteiger partial charge in [0.25, 0.3) is 5.56 Å². The number of aryl methyl sites for hydroxylation is 3. The Labute approximate surface area is 195 Å². The third-order valence-electron chi connectivity index (χ3n) is 5.65. The van der Waals surface area contributed by atoms with E-state index in [0.29, 0.717) is 18.5 Å². The highest BCUT2D eigenvalue weighted by molar-refractivity contribution is 9.10. The molecule has 0 atom stereocenters. The van der Waals surface area contributed by atoms with Crippen molar-refractivity contribution in [1.29, 1.82) is 0 Å². The molecule has 6 nitrogen and oxygen atoms in total. The lowest BCUT2D eigenvalue weighted by atomic mass is 10.0. The molecule has 2 aromatic carbocycles. The number of rotatable bonds is 6. The molecule has 0 spiro atoms. The van der Waals surface area contributed by atoms with E-state index in [1.807, 2.05) is 80.1 Å². The van der Waals surface area contributed by atoms with Crippen molar-refractivity contribution >= 4 is 38.6 Å². The monoisotopic (exact) mass is 492 g/mol. The second-order valence-corrected chi connectivity index (χ2v) is 8.66. The van der Waals surface area contributed by atoms with Crippen LogP contribution in [0, 0.1) is 13.8 Å². The summed E-state index contributed by atoms with van der Waals surface area (Å²) in [5.74, 6) is -0.123. The number of hydrogen-bond donors (Lipinski definition) is 1. The lowest BCUT2D eigenvalue weighted by molar-refractivity contribution is -0.116. The number of amides is 1. The lowest BCUT2D eigenvalue weighted by Crippen LogP contribution is -2.27. The van der Waals surface area contributed by atoms with Crippen molar-refractivity contribution in [2.45, 2.75) is 40.2 Å². The van der Waals surface area contributed by atoms with Gasteiger partial charge in [0.05, 0.1) is 11.4 Å². The van der Waals surface area contributed by atoms with E-state index in [1.165, 1.54) is 0 Å². The molecule has 7 heteroatoms. The first-order valence-corrected chi connectivity index (χ1v) is 11.4. The number of pyridine rings is 1. The normalized spacial score (nSPS) is 11.1. The Hall–Kier alpha value is -3.19. The molecule has 1 N–H and O–H groups in total. The quantitative estimate of drug-likeness (QED) is 0.404. The number of benzene rings is 2. The van der Waals surface area contributed by atoms with Gasteiger partial charge in [-0.2, -0.15) is 5.10 Å². The maximum atomic E-state index is 13.4. The summed E-state index contributed by atoms with van der Waals surface area (Å²) >= 11 is 3.41. The van der Waals surface area contributed by atoms with E-state index in [-0.39, 0.29) is 17.9 Å². The molecule has 2 aromatic heterocycles. The summed E-state index contributed by atoms with van der Waals surface area (Å²) in [6.45, 7) is 6.39. The van der Waals surface area contributed by atoms with Gasteiger partial charge in [-0.25, -0.2) is 4.68 Å². The number of para-hydroxylation sites is 1. The van der Waals surface area contributed by atoms with Gasteiger partial charge in [-0.1, -0.05) is 40.2 Å². The van der Waals surface area contributed by atoms with Crippen molar-refractivity contribution < 1.29 is 4.79 Å². The fourth-order valence-corrected chi connectivity index (χ4v) is 4.54. The number of nitrogens with zero attached hydrogens (tertiary/aromatic N) is 3. The average molecular weight is 493 g/mol. The maximum absolute atomic E-state index is 13.4. The zero-order valence-corrected chi connectivity index (χ0v) is 19.9. The summed E-state index contributed by atoms with van der Waals surface area (Å²) in [6.07, 6.45) is 0.597. The van der Waals surface area contributed by atoms with E-state index in [2.05, 4.69) is 21.2 Å². The summed E-state index contributed by atoms with van der Waals surface area (Å²) in [7, 11) is 0. The first-order valence-electron chi connectivity index (χ1n) is 10.6. The molecule has 4 rings (SSSR count). The van der Waals surface area contributed by atoms with Crippen LogP contribution in [-0.2, 0) is 17.8 Å². The third kappa shape index (κ3) is 4.12. The van der Waals surface area contributed by atoms with E-state index < -0.39 is 0 Å². The van der Waals surface area contributed by atoms with Crippen LogP contribution in [0.25, 0.3) is 16.7 Å². The van der Waals surface area contributed by atoms with E-state index >= 15 is 0 Å². The number of nitrogens with one attached hydrogen (secondary N) is 1. The Kier molecular flexibility index (Phi) is 6.28. The molecule has 32 heavy (non-hydrogen) atoms. The number of hydrogen-bond acceptors (Lipinski definition) is 3. The average Bonchev–Trinajstić information content (AvgIpc) is 3.12. The van der Waals surface area contributed by atoms with Crippen LogP contribution in [0.2, 0.25) is 0 Å². The van der Waals surface area contributed by atoms with Crippen LogP contribution in [0.15, 0.2) is 63.9 Å². The van der Waals surface area contributed by atoms with Crippen LogP contribution >= 0.6 is 15.9 Å². The molecule has 164 valence electrons. The van der Waals surface area contributed by atoms with E-state index in [9.17, 15) is 9.59 Å². The van der Waals surface area contributed by atoms with Crippen molar-refractivity contribution in [3.8, 4) is 5.69 Å². The molecule has 0 aliphatic rings. The molecule has 0 fully saturated rings. The zero-order chi connectivity index (χ0) is 22.8. The number of fused-ring (bicyclic) bond motifs is 1. The number of carbonyl (C=O) groups excluding carboxylic acids is 1. The number of anilines is 1. The van der Waals surface area contributed by atoms with Crippen LogP contribution in [0.5, 0.6) is 0 Å². The number of aromatic nitrogens is 3. The SMILES string of the molecule is CCn1c(=O)c(CCC(=O)Nc2cccc(Br)c2)c(C)c2c(C)nn(-c3ccccc3)c21. The Bertz CT molecular complexity index is 1360. The van der Waals surface area contributed by atoms with Gasteiger partial charge < -0.3 is 5.32 Å². The fourth-order valence-electron chi connectivity index (χ4n) is 4.14. The van der Waals surface area contributed by atoms with Crippen LogP contribution < -0.4 is 10.9 Å². The molecule has 0 aliphatic carbocycles. The van der Waals surface area contributed by atoms with Crippen LogP contribution in [0.3, 0.4) is 0 Å². The molecular formula is C25H25BrN4O2. The highest BCUT2D eigenvalue weighted by Gasteiger charge is 2.21. The van der Waals surface area contributed by atoms with Crippen LogP contribution in [0.4, 0.5) is 5.69 Å². The van der Waals surface area contributed by atoms with E-state index in [0.717, 1.165) is 38.1 Å². The first-order chi connectivity index (χ1) is 15.4. The Morgan fingerprint density at radius 2 is 1.84 bits per heavy atom. The van der Waals surface area contributed by atoms with Crippen molar-refractivity contribution in [3.05, 3.63) is 86.2 Å². The van der Waals surface area contributed by atoms with Gasteiger partial charge in [0.15, 0.2) is 0 Å². The minimum atomic E-state index is -0.123. The van der Waals surface area contributed by atoms with Crippen molar-refractivity contribution in [2.24, 2.45) is 0 Å². The highest BCUT2D eigenvalue weighted by Crippen LogP contribution is 2.26. The molecule has 0 saturated heterocycles. The third-order valence-corrected chi connectivity index (χ3v) is 6.14. The van der Waals surface area contributed by atoms with Crippen molar-refractivity contribution in [1.82, 2.24) is 14.3 Å². The molecule has 0 radical (unpaired) electrons. The van der Waals surface area contributed by atoms with Gasteiger partial charge in [0, 0.05) is 34.1 Å². The number of carbonyl (C=O) groups is 1. The predicted molar refractivity (Wildman–Crippen MR) is 132 cm³/mol. The molecule has 4 aromatic rings. The summed E-state index contributed by atoms with van der Waals surface area (Å²) in [6, 6.07) is 17.3. The Balaban J connectivity index is 1.71. The standard InChI is InChI=1S/C25H25BrN4O2/c1-4-29-24-23(17(3)28-30(24)20-11-6-5-7-12-20)16(2)21(25(29)32)13-14-22(31)27-19-10-8-9-18(26)15-19/h5-12,15H,4,13-14H2,1-3H3,(H,27,31). The fraction of sp³-hybridized carbons (Fsp3) is 0.240. The summed E-state index contributed by atoms with van der Waals surface area (Å²) < 4.78 is 4.50. The Morgan fingerprint density at radius 3 is 2.53 bits per heavy atom. The molecule has 0 aliphatic heterocycles. The van der Waals surface area contributed by atoms with Gasteiger partial charge in [0.2, 0.25) is 5.91 Å². The van der Waals surface area contributed by atoms with Crippen molar-refractivity contribution in [3.63, 3.8) is 0 Å². The molecule has 0 saturated carbocycles. The second-order valence-electron chi connectivity index (χ2n) is 7.74. The zero-order valence-electron chi connectivity index (χ0n) is 18.4. The summed E-state index contributed by atoms with van der Waals surface area (Å²) in [5, 5.41) is 8.61. The molecule has 1 amide bonds. The van der Waals surface area contributed by atoms with Gasteiger partial charge in [-0.05, 0) is 63.1 Å². The Morgan fingerprint density at radius 1 is 1.09 bits per heavy atom. The minimum absolute atomic E-state index is 0.0650. The molecule has 2 heterocycles. The van der Waals surface area contributed by atoms with Gasteiger partial charge in [-0.15, -0.1) is 0 Å². The van der Waals surface area contributed by atoms with Crippen molar-refractivity contribution in [2.75, 3.05) is 5.32 Å². The molecular weight excluding hydrogens is 468 g/mol. The van der Waals surface area contributed by atoms with E-state index in [1.54, 1.807) is 4.57 Å². The van der Waals surface area contributed by atoms with Gasteiger partial charge in [-0.3, -0.25) is 14.2 Å². The maximum Gasteiger partial charge on any atom is 0.255 e. The molecule has 0 unspecified atom stereocenters. The van der Waals surface area contributed by atoms with Crippen LogP contribution in [0.1, 0.15) is 30.2 Å². The summed E-state index contributed by atoms with van der Waals surface area (Å²) in [4.78, 5) is 26.0. The lowest BCUT2D eigenvalue weighted by Gasteiger charge is -2.14. The van der Waals surface area contributed by atoms with Gasteiger partial charge >= 0.3 is 0 Å². The molecule has 0 bridgehead atoms. The van der Waals surface area contributed by atoms with E-state index in [4.69, 9.17) is 5.10 Å².